The van der Waals surface area contributed by atoms with Crippen molar-refractivity contribution < 1.29 is 14.3 Å². The summed E-state index contributed by atoms with van der Waals surface area (Å²) in [7, 11) is 0. The number of hydrogen-bond acceptors (Lipinski definition) is 3. The topological polar surface area (TPSA) is 38.8 Å². The summed E-state index contributed by atoms with van der Waals surface area (Å²) in [5, 5.41) is 0. The summed E-state index contributed by atoms with van der Waals surface area (Å²) in [6.45, 7) is 11.1. The molecule has 0 spiro atoms. The van der Waals surface area contributed by atoms with E-state index in [1.54, 1.807) is 4.90 Å². The van der Waals surface area contributed by atoms with Crippen LogP contribution in [0.25, 0.3) is 0 Å². The molecule has 22 heavy (non-hydrogen) atoms. The van der Waals surface area contributed by atoms with Crippen LogP contribution in [0.2, 0.25) is 0 Å². The van der Waals surface area contributed by atoms with E-state index in [0.717, 1.165) is 31.4 Å². The van der Waals surface area contributed by atoms with Gasteiger partial charge in [0.2, 0.25) is 0 Å². The summed E-state index contributed by atoms with van der Waals surface area (Å²) in [5.41, 5.74) is -0.428. The summed E-state index contributed by atoms with van der Waals surface area (Å²) in [6.07, 6.45) is 10.2. The third kappa shape index (κ3) is 6.54. The van der Waals surface area contributed by atoms with Crippen molar-refractivity contribution in [3.8, 4) is 0 Å². The average molecular weight is 309 g/mol. The summed E-state index contributed by atoms with van der Waals surface area (Å²) < 4.78 is 11.3. The zero-order valence-electron chi connectivity index (χ0n) is 14.7. The van der Waals surface area contributed by atoms with E-state index in [2.05, 4.69) is 12.2 Å². The minimum absolute atomic E-state index is 0.211. The van der Waals surface area contributed by atoms with Gasteiger partial charge in [-0.05, 0) is 45.8 Å². The van der Waals surface area contributed by atoms with E-state index in [4.69, 9.17) is 9.47 Å². The molecule has 0 unspecified atom stereocenters. The van der Waals surface area contributed by atoms with Gasteiger partial charge in [0, 0.05) is 25.9 Å². The van der Waals surface area contributed by atoms with Crippen LogP contribution >= 0.6 is 0 Å². The first kappa shape index (κ1) is 18.6. The van der Waals surface area contributed by atoms with E-state index in [-0.39, 0.29) is 12.2 Å². The molecule has 2 aliphatic rings. The Hall–Kier alpha value is -1.45. The normalized spacial score (nSPS) is 19.0. The molecular formula is C18H31NO3. The predicted octanol–water partition coefficient (Wildman–Crippen LogP) is 4.66. The summed E-state index contributed by atoms with van der Waals surface area (Å²) >= 11 is 0. The molecule has 1 aliphatic heterocycles. The molecule has 0 N–H and O–H groups in total. The quantitative estimate of drug-likeness (QED) is 0.744. The van der Waals surface area contributed by atoms with Gasteiger partial charge in [-0.3, -0.25) is 0 Å². The van der Waals surface area contributed by atoms with Crippen LogP contribution in [0.3, 0.4) is 0 Å². The lowest BCUT2D eigenvalue weighted by Gasteiger charge is -2.33. The maximum absolute atomic E-state index is 12.0. The van der Waals surface area contributed by atoms with E-state index in [1.807, 2.05) is 40.7 Å². The standard InChI is InChI=1S/C16H25NO3.C2H6/c1-16(2,3)20-15(18)17-11-9-14(10-12-17)19-13-7-5-4-6-8-13;1-2/h5,7-8,14H,4,6,9-12H2,1-3H3;1-2H3. The van der Waals surface area contributed by atoms with E-state index in [9.17, 15) is 4.79 Å². The van der Waals surface area contributed by atoms with Crippen molar-refractivity contribution in [2.24, 2.45) is 0 Å². The van der Waals surface area contributed by atoms with E-state index >= 15 is 0 Å². The van der Waals surface area contributed by atoms with Crippen LogP contribution in [-0.4, -0.2) is 35.8 Å². The van der Waals surface area contributed by atoms with E-state index in [0.29, 0.717) is 13.1 Å². The fourth-order valence-electron chi connectivity index (χ4n) is 2.35. The minimum atomic E-state index is -0.428. The highest BCUT2D eigenvalue weighted by Gasteiger charge is 2.27. The number of allylic oxidation sites excluding steroid dienone is 3. The Balaban J connectivity index is 0.00000116. The number of ether oxygens (including phenoxy) is 2. The van der Waals surface area contributed by atoms with Crippen LogP contribution in [0.4, 0.5) is 4.79 Å². The Morgan fingerprint density at radius 3 is 2.32 bits per heavy atom. The van der Waals surface area contributed by atoms with Crippen LogP contribution in [0.15, 0.2) is 24.0 Å². The molecule has 0 aromatic heterocycles. The number of rotatable bonds is 2. The number of piperidine rings is 1. The summed E-state index contributed by atoms with van der Waals surface area (Å²) in [4.78, 5) is 13.7. The zero-order valence-corrected chi connectivity index (χ0v) is 14.7. The van der Waals surface area contributed by atoms with Gasteiger partial charge >= 0.3 is 6.09 Å². The number of amides is 1. The molecule has 1 fully saturated rings. The third-order valence-electron chi connectivity index (χ3n) is 3.36. The molecule has 1 amide bonds. The number of nitrogens with zero attached hydrogens (tertiary/aromatic N) is 1. The molecular weight excluding hydrogens is 278 g/mol. The molecule has 4 nitrogen and oxygen atoms in total. The van der Waals surface area contributed by atoms with Crippen molar-refractivity contribution in [2.75, 3.05) is 13.1 Å². The molecule has 4 heteroatoms. The second kappa shape index (κ2) is 8.86. The SMILES string of the molecule is CC.CC(C)(C)OC(=O)N1CCC(OC2=CCCC=C2)CC1. The predicted molar refractivity (Wildman–Crippen MR) is 89.7 cm³/mol. The van der Waals surface area contributed by atoms with Gasteiger partial charge in [-0.1, -0.05) is 19.9 Å². The van der Waals surface area contributed by atoms with Crippen molar-refractivity contribution in [3.05, 3.63) is 24.0 Å². The lowest BCUT2D eigenvalue weighted by molar-refractivity contribution is 0.00542. The molecule has 0 aromatic rings. The van der Waals surface area contributed by atoms with Crippen LogP contribution in [-0.2, 0) is 9.47 Å². The molecule has 0 aromatic carbocycles. The molecule has 1 aliphatic carbocycles. The Morgan fingerprint density at radius 1 is 1.18 bits per heavy atom. The van der Waals surface area contributed by atoms with Crippen LogP contribution in [0.5, 0.6) is 0 Å². The van der Waals surface area contributed by atoms with Crippen LogP contribution in [0, 0.1) is 0 Å². The largest absolute Gasteiger partial charge is 0.491 e. The Bertz CT molecular complexity index is 399. The van der Waals surface area contributed by atoms with Crippen molar-refractivity contribution in [2.45, 2.75) is 72.0 Å². The molecule has 0 atom stereocenters. The third-order valence-corrected chi connectivity index (χ3v) is 3.36. The Morgan fingerprint density at radius 2 is 1.82 bits per heavy atom. The first-order valence-electron chi connectivity index (χ1n) is 8.45. The van der Waals surface area contributed by atoms with Gasteiger partial charge < -0.3 is 14.4 Å². The number of hydrogen-bond donors (Lipinski definition) is 0. The maximum atomic E-state index is 12.0. The van der Waals surface area contributed by atoms with Gasteiger partial charge in [-0.2, -0.15) is 0 Å². The first-order chi connectivity index (χ1) is 10.4. The van der Waals surface area contributed by atoms with Crippen molar-refractivity contribution >= 4 is 6.09 Å². The molecule has 1 heterocycles. The lowest BCUT2D eigenvalue weighted by Crippen LogP contribution is -2.43. The van der Waals surface area contributed by atoms with Gasteiger partial charge in [0.25, 0.3) is 0 Å². The fourth-order valence-corrected chi connectivity index (χ4v) is 2.35. The van der Waals surface area contributed by atoms with Crippen molar-refractivity contribution in [1.29, 1.82) is 0 Å². The molecule has 0 saturated carbocycles. The monoisotopic (exact) mass is 309 g/mol. The second-order valence-corrected chi connectivity index (χ2v) is 6.37. The minimum Gasteiger partial charge on any atom is -0.491 e. The highest BCUT2D eigenvalue weighted by Crippen LogP contribution is 2.21. The lowest BCUT2D eigenvalue weighted by atomic mass is 10.1. The van der Waals surface area contributed by atoms with Crippen LogP contribution in [0.1, 0.15) is 60.3 Å². The van der Waals surface area contributed by atoms with E-state index < -0.39 is 5.60 Å². The highest BCUT2D eigenvalue weighted by atomic mass is 16.6. The average Bonchev–Trinajstić information content (AvgIpc) is 2.49. The van der Waals surface area contributed by atoms with E-state index in [1.165, 1.54) is 0 Å². The van der Waals surface area contributed by atoms with Gasteiger partial charge in [0.1, 0.15) is 17.5 Å². The second-order valence-electron chi connectivity index (χ2n) is 6.37. The van der Waals surface area contributed by atoms with Crippen LogP contribution < -0.4 is 0 Å². The van der Waals surface area contributed by atoms with Gasteiger partial charge in [0.15, 0.2) is 0 Å². The fraction of sp³-hybridized carbons (Fsp3) is 0.722. The Labute approximate surface area is 135 Å². The Kier molecular flexibility index (Phi) is 7.49. The molecule has 0 radical (unpaired) electrons. The van der Waals surface area contributed by atoms with Crippen molar-refractivity contribution in [3.63, 3.8) is 0 Å². The van der Waals surface area contributed by atoms with Crippen molar-refractivity contribution in [1.82, 2.24) is 4.90 Å². The van der Waals surface area contributed by atoms with Gasteiger partial charge in [0.05, 0.1) is 0 Å². The number of carbonyl (C=O) groups excluding carboxylic acids is 1. The molecule has 1 saturated heterocycles. The smallest absolute Gasteiger partial charge is 0.410 e. The summed E-state index contributed by atoms with van der Waals surface area (Å²) in [6, 6.07) is 0. The number of carbonyl (C=O) groups is 1. The van der Waals surface area contributed by atoms with Gasteiger partial charge in [-0.25, -0.2) is 4.79 Å². The van der Waals surface area contributed by atoms with Gasteiger partial charge in [-0.15, -0.1) is 0 Å². The maximum Gasteiger partial charge on any atom is 0.410 e. The summed E-state index contributed by atoms with van der Waals surface area (Å²) in [5.74, 6) is 0.979. The zero-order chi connectivity index (χ0) is 16.6. The molecule has 126 valence electrons. The molecule has 2 rings (SSSR count). The highest BCUT2D eigenvalue weighted by molar-refractivity contribution is 5.68. The molecule has 0 bridgehead atoms. The number of likely N-dealkylation sites (tertiary alicyclic amines) is 1. The first-order valence-corrected chi connectivity index (χ1v) is 8.45.